The van der Waals surface area contributed by atoms with Crippen LogP contribution in [0.5, 0.6) is 0 Å². The summed E-state index contributed by atoms with van der Waals surface area (Å²) in [6.07, 6.45) is -22.7. The van der Waals surface area contributed by atoms with Crippen LogP contribution in [-0.2, 0) is 47.4 Å². The Labute approximate surface area is 411 Å². The number of fused-ring (bicyclic) bond motifs is 7. The van der Waals surface area contributed by atoms with Crippen molar-refractivity contribution in [1.29, 1.82) is 0 Å². The number of ether oxygens (including phenoxy) is 10. The normalized spacial score (nSPS) is 58.2. The number of aliphatic hydroxyl groups excluding tert-OH is 12. The molecule has 23 nitrogen and oxygen atoms in total. The summed E-state index contributed by atoms with van der Waals surface area (Å²) in [6.45, 7) is 5.26. The Hall–Kier alpha value is -1.18. The fourth-order valence-corrected chi connectivity index (χ4v) is 14.9. The Morgan fingerprint density at radius 3 is 2.11 bits per heavy atom. The zero-order valence-corrected chi connectivity index (χ0v) is 40.5. The van der Waals surface area contributed by atoms with Crippen LogP contribution < -0.4 is 0 Å². The quantitative estimate of drug-likeness (QED) is 0.0924. The number of hydrogen-bond acceptors (Lipinski definition) is 23. The highest BCUT2D eigenvalue weighted by atomic mass is 16.8. The van der Waals surface area contributed by atoms with Crippen molar-refractivity contribution < 1.29 is 114 Å². The molecule has 30 unspecified atom stereocenters. The third kappa shape index (κ3) is 8.53. The lowest BCUT2D eigenvalue weighted by atomic mass is 9.46. The van der Waals surface area contributed by atoms with Gasteiger partial charge in [-0.3, -0.25) is 0 Å². The van der Waals surface area contributed by atoms with Crippen LogP contribution in [0.4, 0.5) is 0 Å². The van der Waals surface area contributed by atoms with Crippen LogP contribution >= 0.6 is 0 Å². The standard InChI is InChI=1S/C48H76O23/c1-18-13-65-48(39(59)31(18)54)25(12-49)30-28(71-48)11-24-22-6-5-20-9-21(51)10-29(46(20,4)23(22)7-8-45(24,30)3)67-43-38(36(27(53)15-63-43)68-41-34(57)33(56)26(52)14-62-41)70-42-35(58)37(32(55)19(2)66-42)69-44-40(60)47(61,16-50)17-64-44/h5,18-19,21-44,49-61H,6-17H2,1-4H3. The van der Waals surface area contributed by atoms with Crippen LogP contribution in [0.3, 0.4) is 0 Å². The first-order chi connectivity index (χ1) is 33.6. The molecule has 1 spiro atoms. The molecule has 406 valence electrons. The van der Waals surface area contributed by atoms with E-state index >= 15 is 0 Å². The molecule has 0 aromatic heterocycles. The molecule has 6 saturated heterocycles. The lowest BCUT2D eigenvalue weighted by Gasteiger charge is -2.61. The summed E-state index contributed by atoms with van der Waals surface area (Å²) in [7, 11) is 0. The molecule has 0 bridgehead atoms. The summed E-state index contributed by atoms with van der Waals surface area (Å²) < 4.78 is 61.8. The molecule has 4 aliphatic carbocycles. The minimum Gasteiger partial charge on any atom is -0.396 e. The molecule has 0 aromatic carbocycles. The molecule has 23 heteroatoms. The van der Waals surface area contributed by atoms with Crippen molar-refractivity contribution in [2.24, 2.45) is 46.3 Å². The highest BCUT2D eigenvalue weighted by Gasteiger charge is 2.73. The summed E-state index contributed by atoms with van der Waals surface area (Å²) in [5.41, 5.74) is -2.15. The molecule has 3 saturated carbocycles. The van der Waals surface area contributed by atoms with E-state index in [1.165, 1.54) is 6.92 Å². The highest BCUT2D eigenvalue weighted by Crippen LogP contribution is 2.71. The predicted octanol–water partition coefficient (Wildman–Crippen LogP) is -4.16. The smallest absolute Gasteiger partial charge is 0.202 e. The van der Waals surface area contributed by atoms with E-state index in [1.807, 2.05) is 0 Å². The van der Waals surface area contributed by atoms with Crippen LogP contribution in [0.25, 0.3) is 0 Å². The number of allylic oxidation sites excluding steroid dienone is 1. The molecule has 0 aromatic rings. The lowest BCUT2D eigenvalue weighted by molar-refractivity contribution is -0.387. The van der Waals surface area contributed by atoms with Crippen molar-refractivity contribution >= 4 is 0 Å². The van der Waals surface area contributed by atoms with E-state index in [0.29, 0.717) is 19.3 Å². The van der Waals surface area contributed by atoms with Gasteiger partial charge in [0.05, 0.1) is 70.2 Å². The average Bonchev–Trinajstić information content (AvgIpc) is 3.94. The van der Waals surface area contributed by atoms with E-state index in [0.717, 1.165) is 18.4 Å². The van der Waals surface area contributed by atoms with Crippen LogP contribution in [0.2, 0.25) is 0 Å². The number of hydrogen-bond donors (Lipinski definition) is 13. The molecule has 13 N–H and O–H groups in total. The van der Waals surface area contributed by atoms with Crippen LogP contribution in [0, 0.1) is 46.3 Å². The third-order valence-corrected chi connectivity index (χ3v) is 19.0. The van der Waals surface area contributed by atoms with Gasteiger partial charge in [0.25, 0.3) is 0 Å². The maximum absolute atomic E-state index is 11.8. The zero-order valence-electron chi connectivity index (χ0n) is 40.5. The summed E-state index contributed by atoms with van der Waals surface area (Å²) in [6, 6.07) is 0. The van der Waals surface area contributed by atoms with Gasteiger partial charge in [-0.05, 0) is 62.2 Å². The van der Waals surface area contributed by atoms with Gasteiger partial charge in [-0.2, -0.15) is 0 Å². The molecule has 10 aliphatic rings. The molecule has 10 rings (SSSR count). The monoisotopic (exact) mass is 1020 g/mol. The van der Waals surface area contributed by atoms with E-state index in [1.54, 1.807) is 6.92 Å². The Morgan fingerprint density at radius 2 is 1.39 bits per heavy atom. The summed E-state index contributed by atoms with van der Waals surface area (Å²) in [4.78, 5) is 0. The van der Waals surface area contributed by atoms with Crippen LogP contribution in [0.1, 0.15) is 66.2 Å². The van der Waals surface area contributed by atoms with Crippen molar-refractivity contribution in [1.82, 2.24) is 0 Å². The number of rotatable bonds is 10. The first kappa shape index (κ1) is 53.2. The number of aliphatic hydroxyl groups is 13. The largest absolute Gasteiger partial charge is 0.396 e. The van der Waals surface area contributed by atoms with Crippen molar-refractivity contribution in [2.75, 3.05) is 39.6 Å². The summed E-state index contributed by atoms with van der Waals surface area (Å²) >= 11 is 0. The second-order valence-electron chi connectivity index (χ2n) is 22.9. The maximum Gasteiger partial charge on any atom is 0.202 e. The van der Waals surface area contributed by atoms with Crippen LogP contribution in [-0.4, -0.2) is 240 Å². The molecule has 71 heavy (non-hydrogen) atoms. The second kappa shape index (κ2) is 19.7. The van der Waals surface area contributed by atoms with E-state index in [2.05, 4.69) is 19.9 Å². The molecular formula is C48H76O23. The van der Waals surface area contributed by atoms with Gasteiger partial charge in [0.2, 0.25) is 5.79 Å². The van der Waals surface area contributed by atoms with Crippen molar-refractivity contribution in [3.8, 4) is 0 Å². The molecule has 30 atom stereocenters. The van der Waals surface area contributed by atoms with Crippen molar-refractivity contribution in [2.45, 2.75) is 200 Å². The van der Waals surface area contributed by atoms with Gasteiger partial charge in [0.15, 0.2) is 25.2 Å². The zero-order chi connectivity index (χ0) is 50.9. The van der Waals surface area contributed by atoms with E-state index in [4.69, 9.17) is 47.4 Å². The summed E-state index contributed by atoms with van der Waals surface area (Å²) in [5.74, 6) is -2.43. The summed E-state index contributed by atoms with van der Waals surface area (Å²) in [5, 5.41) is 143. The predicted molar refractivity (Wildman–Crippen MR) is 234 cm³/mol. The Balaban J connectivity index is 0.933. The second-order valence-corrected chi connectivity index (χ2v) is 22.9. The van der Waals surface area contributed by atoms with Gasteiger partial charge >= 0.3 is 0 Å². The Bertz CT molecular complexity index is 1920. The fourth-order valence-electron chi connectivity index (χ4n) is 14.9. The molecule has 0 radical (unpaired) electrons. The Morgan fingerprint density at radius 1 is 0.690 bits per heavy atom. The van der Waals surface area contributed by atoms with Gasteiger partial charge in [0, 0.05) is 29.6 Å². The minimum atomic E-state index is -2.09. The molecule has 9 fully saturated rings. The maximum atomic E-state index is 11.8. The van der Waals surface area contributed by atoms with E-state index in [-0.39, 0.29) is 60.7 Å². The Kier molecular flexibility index (Phi) is 14.8. The molecule has 6 aliphatic heterocycles. The first-order valence-electron chi connectivity index (χ1n) is 25.5. The van der Waals surface area contributed by atoms with Crippen LogP contribution in [0.15, 0.2) is 11.6 Å². The highest BCUT2D eigenvalue weighted by molar-refractivity contribution is 5.29. The van der Waals surface area contributed by atoms with E-state index < -0.39 is 166 Å². The molecule has 6 heterocycles. The minimum absolute atomic E-state index is 0.00248. The SMILES string of the molecule is CC1COC2(OC3CC4C5CC=C6CC(O)CC(OC7OCC(O)C(OC8OCC(O)C(O)C8O)C7OC7OC(C)C(O)C(OC8OCC(O)(CO)C8O)C7O)C6(C)C5CCC4(C)C3C2CO)C(O)C1O. The van der Waals surface area contributed by atoms with Gasteiger partial charge in [-0.25, -0.2) is 0 Å². The van der Waals surface area contributed by atoms with E-state index in [9.17, 15) is 66.4 Å². The van der Waals surface area contributed by atoms with Gasteiger partial charge < -0.3 is 114 Å². The third-order valence-electron chi connectivity index (χ3n) is 19.0. The lowest BCUT2D eigenvalue weighted by Crippen LogP contribution is -2.65. The topological polar surface area (TPSA) is 355 Å². The fraction of sp³-hybridized carbons (Fsp3) is 0.958. The molecular weight excluding hydrogens is 945 g/mol. The van der Waals surface area contributed by atoms with Crippen molar-refractivity contribution in [3.63, 3.8) is 0 Å². The van der Waals surface area contributed by atoms with Gasteiger partial charge in [0.1, 0.15) is 72.7 Å². The van der Waals surface area contributed by atoms with Gasteiger partial charge in [-0.15, -0.1) is 0 Å². The molecule has 0 amide bonds. The first-order valence-corrected chi connectivity index (χ1v) is 25.5. The van der Waals surface area contributed by atoms with Crippen molar-refractivity contribution in [3.05, 3.63) is 11.6 Å². The van der Waals surface area contributed by atoms with Gasteiger partial charge in [-0.1, -0.05) is 32.4 Å². The average molecular weight is 1020 g/mol.